The lowest BCUT2D eigenvalue weighted by Crippen LogP contribution is -2.43. The van der Waals surface area contributed by atoms with E-state index in [0.29, 0.717) is 36.0 Å². The van der Waals surface area contributed by atoms with Gasteiger partial charge in [-0.2, -0.15) is 0 Å². The number of nitrogens with one attached hydrogen (secondary N) is 1. The van der Waals surface area contributed by atoms with Crippen molar-refractivity contribution >= 4 is 11.6 Å². The van der Waals surface area contributed by atoms with Crippen LogP contribution < -0.4 is 19.5 Å². The SMILES string of the molecule is COCCCN1C(=O)c2ccccc2NC1c1cc(OC)c(OC)c(OC)c1. The molecule has 0 fully saturated rings. The highest BCUT2D eigenvalue weighted by atomic mass is 16.5. The van der Waals surface area contributed by atoms with Gasteiger partial charge in [-0.05, 0) is 30.7 Å². The number of ether oxygens (including phenoxy) is 4. The lowest BCUT2D eigenvalue weighted by molar-refractivity contribution is 0.0659. The highest BCUT2D eigenvalue weighted by Crippen LogP contribution is 2.42. The molecule has 1 atom stereocenters. The number of hydrogen-bond donors (Lipinski definition) is 1. The summed E-state index contributed by atoms with van der Waals surface area (Å²) in [4.78, 5) is 15.0. The van der Waals surface area contributed by atoms with Gasteiger partial charge in [0.25, 0.3) is 5.91 Å². The Labute approximate surface area is 165 Å². The Kier molecular flexibility index (Phi) is 6.26. The Morgan fingerprint density at radius 2 is 1.68 bits per heavy atom. The maximum Gasteiger partial charge on any atom is 0.257 e. The van der Waals surface area contributed by atoms with E-state index in [2.05, 4.69) is 5.32 Å². The fourth-order valence-corrected chi connectivity index (χ4v) is 3.43. The molecule has 28 heavy (non-hydrogen) atoms. The molecule has 7 nitrogen and oxygen atoms in total. The molecule has 0 spiro atoms. The number of fused-ring (bicyclic) bond motifs is 1. The smallest absolute Gasteiger partial charge is 0.257 e. The molecule has 1 amide bonds. The standard InChI is InChI=1S/C21H26N2O5/c1-25-11-7-10-23-20(22-16-9-6-5-8-15(16)21(23)24)14-12-17(26-2)19(28-4)18(13-14)27-3/h5-6,8-9,12-13,20,22H,7,10-11H2,1-4H3. The second-order valence-corrected chi connectivity index (χ2v) is 6.40. The molecular weight excluding hydrogens is 360 g/mol. The van der Waals surface area contributed by atoms with E-state index < -0.39 is 0 Å². The largest absolute Gasteiger partial charge is 0.493 e. The van der Waals surface area contributed by atoms with E-state index in [1.807, 2.05) is 41.3 Å². The summed E-state index contributed by atoms with van der Waals surface area (Å²) in [6.45, 7) is 1.13. The third-order valence-electron chi connectivity index (χ3n) is 4.77. The number of para-hydroxylation sites is 1. The van der Waals surface area contributed by atoms with E-state index in [1.54, 1.807) is 28.4 Å². The lowest BCUT2D eigenvalue weighted by atomic mass is 10.0. The Bertz CT molecular complexity index is 814. The molecule has 0 saturated heterocycles. The van der Waals surface area contributed by atoms with E-state index in [-0.39, 0.29) is 12.1 Å². The number of methoxy groups -OCH3 is 4. The molecule has 150 valence electrons. The van der Waals surface area contributed by atoms with Crippen molar-refractivity contribution in [2.75, 3.05) is 46.9 Å². The zero-order valence-electron chi connectivity index (χ0n) is 16.7. The highest BCUT2D eigenvalue weighted by Gasteiger charge is 2.33. The summed E-state index contributed by atoms with van der Waals surface area (Å²) in [6.07, 6.45) is 0.362. The van der Waals surface area contributed by atoms with Crippen molar-refractivity contribution < 1.29 is 23.7 Å². The van der Waals surface area contributed by atoms with E-state index in [0.717, 1.165) is 17.7 Å². The summed E-state index contributed by atoms with van der Waals surface area (Å²) in [5, 5.41) is 3.47. The van der Waals surface area contributed by atoms with Gasteiger partial charge >= 0.3 is 0 Å². The number of carbonyl (C=O) groups excluding carboxylic acids is 1. The van der Waals surface area contributed by atoms with Gasteiger partial charge in [-0.1, -0.05) is 12.1 Å². The molecule has 1 N–H and O–H groups in total. The molecule has 1 heterocycles. The molecule has 1 aliphatic heterocycles. The summed E-state index contributed by atoms with van der Waals surface area (Å²) < 4.78 is 21.6. The molecule has 0 aliphatic carbocycles. The second kappa shape index (κ2) is 8.84. The summed E-state index contributed by atoms with van der Waals surface area (Å²) in [5.74, 6) is 1.58. The molecule has 7 heteroatoms. The number of rotatable bonds is 8. The van der Waals surface area contributed by atoms with E-state index in [4.69, 9.17) is 18.9 Å². The van der Waals surface area contributed by atoms with E-state index in [1.165, 1.54) is 0 Å². The van der Waals surface area contributed by atoms with Crippen LogP contribution in [-0.4, -0.2) is 52.4 Å². The lowest BCUT2D eigenvalue weighted by Gasteiger charge is -2.38. The third kappa shape index (κ3) is 3.71. The number of benzene rings is 2. The molecule has 3 rings (SSSR count). The summed E-state index contributed by atoms with van der Waals surface area (Å²) in [7, 11) is 6.37. The van der Waals surface area contributed by atoms with E-state index in [9.17, 15) is 4.79 Å². The zero-order valence-corrected chi connectivity index (χ0v) is 16.7. The average Bonchev–Trinajstić information content (AvgIpc) is 2.74. The summed E-state index contributed by atoms with van der Waals surface area (Å²) >= 11 is 0. The third-order valence-corrected chi connectivity index (χ3v) is 4.77. The van der Waals surface area contributed by atoms with Crippen molar-refractivity contribution in [3.63, 3.8) is 0 Å². The summed E-state index contributed by atoms with van der Waals surface area (Å²) in [6, 6.07) is 11.2. The Morgan fingerprint density at radius 3 is 2.29 bits per heavy atom. The van der Waals surface area contributed by atoms with Crippen LogP contribution in [0, 0.1) is 0 Å². The Morgan fingerprint density at radius 1 is 1.00 bits per heavy atom. The van der Waals surface area contributed by atoms with Crippen LogP contribution in [0.15, 0.2) is 36.4 Å². The number of nitrogens with zero attached hydrogens (tertiary/aromatic N) is 1. The van der Waals surface area contributed by atoms with Gasteiger partial charge in [-0.15, -0.1) is 0 Å². The van der Waals surface area contributed by atoms with Crippen molar-refractivity contribution in [1.82, 2.24) is 4.90 Å². The molecule has 0 bridgehead atoms. The van der Waals surface area contributed by atoms with Crippen LogP contribution in [0.5, 0.6) is 17.2 Å². The predicted molar refractivity (Wildman–Crippen MR) is 106 cm³/mol. The van der Waals surface area contributed by atoms with Crippen LogP contribution in [0.25, 0.3) is 0 Å². The predicted octanol–water partition coefficient (Wildman–Crippen LogP) is 3.32. The molecule has 1 aliphatic rings. The van der Waals surface area contributed by atoms with Crippen molar-refractivity contribution in [2.24, 2.45) is 0 Å². The quantitative estimate of drug-likeness (QED) is 0.702. The van der Waals surface area contributed by atoms with Gasteiger partial charge in [0.15, 0.2) is 11.5 Å². The molecular formula is C21H26N2O5. The van der Waals surface area contributed by atoms with Crippen LogP contribution in [0.1, 0.15) is 28.5 Å². The molecule has 0 radical (unpaired) electrons. The van der Waals surface area contributed by atoms with Gasteiger partial charge in [0.05, 0.1) is 26.9 Å². The monoisotopic (exact) mass is 386 g/mol. The first-order valence-corrected chi connectivity index (χ1v) is 9.10. The molecule has 0 aromatic heterocycles. The number of amides is 1. The number of carbonyl (C=O) groups is 1. The van der Waals surface area contributed by atoms with Gasteiger partial charge in [-0.3, -0.25) is 4.79 Å². The molecule has 1 unspecified atom stereocenters. The Hall–Kier alpha value is -2.93. The first-order chi connectivity index (χ1) is 13.6. The first kappa shape index (κ1) is 19.8. The Balaban J connectivity index is 2.05. The minimum atomic E-state index is -0.368. The van der Waals surface area contributed by atoms with E-state index >= 15 is 0 Å². The maximum absolute atomic E-state index is 13.2. The minimum Gasteiger partial charge on any atom is -0.493 e. The van der Waals surface area contributed by atoms with Crippen molar-refractivity contribution in [1.29, 1.82) is 0 Å². The minimum absolute atomic E-state index is 0.0239. The second-order valence-electron chi connectivity index (χ2n) is 6.40. The van der Waals surface area contributed by atoms with Crippen LogP contribution in [0.4, 0.5) is 5.69 Å². The van der Waals surface area contributed by atoms with Crippen LogP contribution in [0.3, 0.4) is 0 Å². The molecule has 0 saturated carbocycles. The number of hydrogen-bond acceptors (Lipinski definition) is 6. The van der Waals surface area contributed by atoms with Crippen LogP contribution in [0.2, 0.25) is 0 Å². The molecule has 2 aromatic rings. The van der Waals surface area contributed by atoms with Crippen molar-refractivity contribution in [3.05, 3.63) is 47.5 Å². The fraction of sp³-hybridized carbons (Fsp3) is 0.381. The first-order valence-electron chi connectivity index (χ1n) is 9.10. The van der Waals surface area contributed by atoms with Crippen molar-refractivity contribution in [2.45, 2.75) is 12.6 Å². The summed E-state index contributed by atoms with van der Waals surface area (Å²) in [5.41, 5.74) is 2.30. The number of anilines is 1. The topological polar surface area (TPSA) is 69.3 Å². The van der Waals surface area contributed by atoms with Gasteiger partial charge in [0, 0.05) is 31.5 Å². The van der Waals surface area contributed by atoms with Gasteiger partial charge < -0.3 is 29.2 Å². The maximum atomic E-state index is 13.2. The zero-order chi connectivity index (χ0) is 20.1. The van der Waals surface area contributed by atoms with Gasteiger partial charge in [0.2, 0.25) is 5.75 Å². The normalized spacial score (nSPS) is 15.6. The highest BCUT2D eigenvalue weighted by molar-refractivity contribution is 6.01. The molecule has 2 aromatic carbocycles. The fourth-order valence-electron chi connectivity index (χ4n) is 3.43. The van der Waals surface area contributed by atoms with Gasteiger partial charge in [0.1, 0.15) is 6.17 Å². The van der Waals surface area contributed by atoms with Gasteiger partial charge in [-0.25, -0.2) is 0 Å². The van der Waals surface area contributed by atoms with Crippen LogP contribution >= 0.6 is 0 Å². The van der Waals surface area contributed by atoms with Crippen molar-refractivity contribution in [3.8, 4) is 17.2 Å². The average molecular weight is 386 g/mol. The van der Waals surface area contributed by atoms with Crippen LogP contribution in [-0.2, 0) is 4.74 Å².